The van der Waals surface area contributed by atoms with Crippen LogP contribution in [-0.4, -0.2) is 60.5 Å². The Labute approximate surface area is 176 Å². The summed E-state index contributed by atoms with van der Waals surface area (Å²) in [4.78, 5) is 14.3. The van der Waals surface area contributed by atoms with Gasteiger partial charge in [0.25, 0.3) is 0 Å². The van der Waals surface area contributed by atoms with Crippen LogP contribution in [0.15, 0.2) is 48.5 Å². The van der Waals surface area contributed by atoms with Crippen LogP contribution < -0.4 is 14.8 Å². The minimum atomic E-state index is -0.157. The summed E-state index contributed by atoms with van der Waals surface area (Å²) in [6.45, 7) is 2.01. The molecule has 1 heterocycles. The van der Waals surface area contributed by atoms with Gasteiger partial charge in [0, 0.05) is 19.0 Å². The normalized spacial score (nSPS) is 11.9. The number of nitrogens with zero attached hydrogens (tertiary/aromatic N) is 4. The number of ether oxygens (including phenoxy) is 2. The summed E-state index contributed by atoms with van der Waals surface area (Å²) in [5, 5.41) is 11.7. The molecule has 0 radical (unpaired) electrons. The minimum Gasteiger partial charge on any atom is -0.497 e. The molecule has 3 aromatic rings. The molecule has 0 bridgehead atoms. The average Bonchev–Trinajstić information content (AvgIpc) is 3.18. The molecule has 1 atom stereocenters. The van der Waals surface area contributed by atoms with Crippen molar-refractivity contribution in [2.24, 2.45) is 0 Å². The highest BCUT2D eigenvalue weighted by Crippen LogP contribution is 2.29. The fourth-order valence-electron chi connectivity index (χ4n) is 3.29. The van der Waals surface area contributed by atoms with E-state index in [2.05, 4.69) is 20.5 Å². The van der Waals surface area contributed by atoms with Gasteiger partial charge in [-0.1, -0.05) is 23.4 Å². The molecule has 0 fully saturated rings. The predicted octanol–water partition coefficient (Wildman–Crippen LogP) is 3.20. The summed E-state index contributed by atoms with van der Waals surface area (Å²) in [5.74, 6) is 1.95. The van der Waals surface area contributed by atoms with Gasteiger partial charge in [0.1, 0.15) is 11.5 Å². The average molecular weight is 409 g/mol. The van der Waals surface area contributed by atoms with Crippen molar-refractivity contribution in [3.05, 3.63) is 59.8 Å². The summed E-state index contributed by atoms with van der Waals surface area (Å²) in [6, 6.07) is 15.3. The number of Topliss-reactive ketones (excluding diaryl/α,β-unsaturated/α-hetero) is 1. The monoisotopic (exact) mass is 409 g/mol. The lowest BCUT2D eigenvalue weighted by atomic mass is 10.0. The van der Waals surface area contributed by atoms with Gasteiger partial charge < -0.3 is 19.7 Å². The van der Waals surface area contributed by atoms with Gasteiger partial charge in [0.15, 0.2) is 17.3 Å². The van der Waals surface area contributed by atoms with Crippen molar-refractivity contribution >= 4 is 11.6 Å². The zero-order valence-corrected chi connectivity index (χ0v) is 17.9. The van der Waals surface area contributed by atoms with Gasteiger partial charge in [-0.05, 0) is 44.4 Å². The number of hydrogen-bond donors (Lipinski definition) is 1. The number of anilines is 1. The smallest absolute Gasteiger partial charge is 0.183 e. The molecule has 158 valence electrons. The number of hydrogen-bond acceptors (Lipinski definition) is 7. The van der Waals surface area contributed by atoms with Gasteiger partial charge in [0.05, 0.1) is 25.9 Å². The first-order valence-corrected chi connectivity index (χ1v) is 9.60. The summed E-state index contributed by atoms with van der Waals surface area (Å²) >= 11 is 0. The molecule has 0 spiro atoms. The lowest BCUT2D eigenvalue weighted by Gasteiger charge is -2.27. The van der Waals surface area contributed by atoms with Gasteiger partial charge in [-0.2, -0.15) is 4.68 Å². The summed E-state index contributed by atoms with van der Waals surface area (Å²) < 4.78 is 12.4. The lowest BCUT2D eigenvalue weighted by molar-refractivity contribution is 0.101. The standard InChI is InChI=1S/C22H27N5O3/c1-15(28)21-22(27(25-24-21)16-10-12-17(29-4)13-11-16)23-14-19(26(2)3)18-8-6-7-9-20(18)30-5/h6-13,19,23H,14H2,1-5H3/t19-/m1/s1. The zero-order chi connectivity index (χ0) is 21.7. The molecule has 0 saturated heterocycles. The van der Waals surface area contributed by atoms with Gasteiger partial charge >= 0.3 is 0 Å². The highest BCUT2D eigenvalue weighted by Gasteiger charge is 2.22. The maximum atomic E-state index is 12.2. The van der Waals surface area contributed by atoms with Crippen LogP contribution in [0.1, 0.15) is 29.0 Å². The third-order valence-corrected chi connectivity index (χ3v) is 4.90. The Morgan fingerprint density at radius 2 is 1.80 bits per heavy atom. The Morgan fingerprint density at radius 1 is 1.10 bits per heavy atom. The fraction of sp³-hybridized carbons (Fsp3) is 0.318. The Morgan fingerprint density at radius 3 is 2.40 bits per heavy atom. The molecule has 0 aliphatic carbocycles. The number of methoxy groups -OCH3 is 2. The maximum Gasteiger partial charge on any atom is 0.183 e. The largest absolute Gasteiger partial charge is 0.497 e. The zero-order valence-electron chi connectivity index (χ0n) is 17.9. The first-order chi connectivity index (χ1) is 14.5. The van der Waals surface area contributed by atoms with Gasteiger partial charge in [-0.3, -0.25) is 4.79 Å². The van der Waals surface area contributed by atoms with E-state index >= 15 is 0 Å². The molecule has 1 N–H and O–H groups in total. The first kappa shape index (κ1) is 21.3. The molecular weight excluding hydrogens is 382 g/mol. The quantitative estimate of drug-likeness (QED) is 0.544. The van der Waals surface area contributed by atoms with Gasteiger partial charge in [-0.15, -0.1) is 5.10 Å². The van der Waals surface area contributed by atoms with E-state index in [-0.39, 0.29) is 11.8 Å². The van der Waals surface area contributed by atoms with Crippen LogP contribution in [-0.2, 0) is 0 Å². The van der Waals surface area contributed by atoms with Crippen LogP contribution in [0.2, 0.25) is 0 Å². The SMILES string of the molecule is COc1ccc(-n2nnc(C(C)=O)c2NC[C@H](c2ccccc2OC)N(C)C)cc1. The Kier molecular flexibility index (Phi) is 6.68. The molecule has 0 aliphatic heterocycles. The Bertz CT molecular complexity index is 998. The van der Waals surface area contributed by atoms with E-state index in [4.69, 9.17) is 9.47 Å². The molecule has 2 aromatic carbocycles. The van der Waals surface area contributed by atoms with Crippen LogP contribution >= 0.6 is 0 Å². The van der Waals surface area contributed by atoms with E-state index in [1.165, 1.54) is 6.92 Å². The third-order valence-electron chi connectivity index (χ3n) is 4.90. The number of rotatable bonds is 9. The summed E-state index contributed by atoms with van der Waals surface area (Å²) in [7, 11) is 7.29. The van der Waals surface area contributed by atoms with Crippen LogP contribution in [0, 0.1) is 0 Å². The molecular formula is C22H27N5O3. The van der Waals surface area contributed by atoms with Crippen molar-refractivity contribution in [1.29, 1.82) is 0 Å². The van der Waals surface area contributed by atoms with Crippen molar-refractivity contribution in [1.82, 2.24) is 19.9 Å². The second kappa shape index (κ2) is 9.41. The number of likely N-dealkylation sites (N-methyl/N-ethyl adjacent to an activating group) is 1. The number of para-hydroxylation sites is 1. The number of benzene rings is 2. The second-order valence-corrected chi connectivity index (χ2v) is 7.05. The first-order valence-electron chi connectivity index (χ1n) is 9.60. The number of carbonyl (C=O) groups excluding carboxylic acids is 1. The molecule has 0 amide bonds. The molecule has 0 aliphatic rings. The highest BCUT2D eigenvalue weighted by molar-refractivity contribution is 5.96. The third kappa shape index (κ3) is 4.44. The van der Waals surface area contributed by atoms with Crippen molar-refractivity contribution in [3.63, 3.8) is 0 Å². The minimum absolute atomic E-state index is 0.000163. The van der Waals surface area contributed by atoms with Crippen molar-refractivity contribution in [2.75, 3.05) is 40.2 Å². The number of nitrogens with one attached hydrogen (secondary N) is 1. The molecule has 1 aromatic heterocycles. The second-order valence-electron chi connectivity index (χ2n) is 7.05. The van der Waals surface area contributed by atoms with E-state index in [1.54, 1.807) is 18.9 Å². The van der Waals surface area contributed by atoms with Crippen LogP contribution in [0.3, 0.4) is 0 Å². The van der Waals surface area contributed by atoms with Crippen LogP contribution in [0.25, 0.3) is 5.69 Å². The Balaban J connectivity index is 1.94. The molecule has 8 heteroatoms. The van der Waals surface area contributed by atoms with E-state index in [9.17, 15) is 4.79 Å². The molecule has 30 heavy (non-hydrogen) atoms. The van der Waals surface area contributed by atoms with Crippen molar-refractivity contribution in [3.8, 4) is 17.2 Å². The Hall–Kier alpha value is -3.39. The van der Waals surface area contributed by atoms with E-state index in [0.29, 0.717) is 18.1 Å². The molecule has 0 saturated carbocycles. The van der Waals surface area contributed by atoms with Gasteiger partial charge in [0.2, 0.25) is 0 Å². The number of ketones is 1. The topological polar surface area (TPSA) is 81.5 Å². The van der Waals surface area contributed by atoms with Crippen LogP contribution in [0.5, 0.6) is 11.5 Å². The van der Waals surface area contributed by atoms with E-state index in [1.807, 2.05) is 62.6 Å². The predicted molar refractivity (Wildman–Crippen MR) is 116 cm³/mol. The fourth-order valence-corrected chi connectivity index (χ4v) is 3.29. The van der Waals surface area contributed by atoms with E-state index < -0.39 is 0 Å². The molecule has 8 nitrogen and oxygen atoms in total. The maximum absolute atomic E-state index is 12.2. The van der Waals surface area contributed by atoms with Crippen molar-refractivity contribution in [2.45, 2.75) is 13.0 Å². The van der Waals surface area contributed by atoms with E-state index in [0.717, 1.165) is 22.7 Å². The highest BCUT2D eigenvalue weighted by atomic mass is 16.5. The lowest BCUT2D eigenvalue weighted by Crippen LogP contribution is -2.28. The molecule has 0 unspecified atom stereocenters. The van der Waals surface area contributed by atoms with Crippen LogP contribution in [0.4, 0.5) is 5.82 Å². The summed E-state index contributed by atoms with van der Waals surface area (Å²) in [6.07, 6.45) is 0. The number of aromatic nitrogens is 3. The summed E-state index contributed by atoms with van der Waals surface area (Å²) in [5.41, 5.74) is 2.12. The molecule has 3 rings (SSSR count). The number of carbonyl (C=O) groups is 1. The van der Waals surface area contributed by atoms with Crippen molar-refractivity contribution < 1.29 is 14.3 Å². The van der Waals surface area contributed by atoms with Gasteiger partial charge in [-0.25, -0.2) is 0 Å².